The molecule has 1 saturated heterocycles. The molecule has 2 heterocycles. The average Bonchev–Trinajstić information content (AvgIpc) is 2.83. The number of hydrogen-bond donors (Lipinski definition) is 2. The highest BCUT2D eigenvalue weighted by Gasteiger charge is 2.42. The van der Waals surface area contributed by atoms with Gasteiger partial charge in [0.05, 0.1) is 11.5 Å². The van der Waals surface area contributed by atoms with Crippen molar-refractivity contribution in [1.29, 1.82) is 5.26 Å². The minimum atomic E-state index is -0.891. The second-order valence-electron chi connectivity index (χ2n) is 13.1. The third-order valence-electron chi connectivity index (χ3n) is 8.20. The average molecular weight is 522 g/mol. The van der Waals surface area contributed by atoms with Crippen molar-refractivity contribution in [3.05, 3.63) is 34.8 Å². The van der Waals surface area contributed by atoms with E-state index in [2.05, 4.69) is 61.2 Å². The van der Waals surface area contributed by atoms with Gasteiger partial charge in [-0.15, -0.1) is 0 Å². The van der Waals surface area contributed by atoms with Crippen LogP contribution in [0.1, 0.15) is 79.6 Å². The molecule has 0 bridgehead atoms. The van der Waals surface area contributed by atoms with Gasteiger partial charge in [-0.05, 0) is 80.4 Å². The second kappa shape index (κ2) is 11.1. The Morgan fingerprint density at radius 1 is 1.18 bits per heavy atom. The maximum atomic E-state index is 13.9. The summed E-state index contributed by atoms with van der Waals surface area (Å²) in [5.74, 6) is -0.263. The molecule has 1 aliphatic heterocycles. The summed E-state index contributed by atoms with van der Waals surface area (Å²) in [6.45, 7) is 13.9. The standard InChI is InChI=1S/C30H43N5O3/c1-6-13-35-14-11-30(20-31,12-15-35)34-26(36)23(16-21-17-28(2,3)19-29(4,5)18-21)32-25-22-9-7-8-10-24(22)38-27(37)33-25/h7-10,21,23H,6,11-19H2,1-5H3,(H,34,36)(H,32,33,37). The first-order valence-corrected chi connectivity index (χ1v) is 14.1. The van der Waals surface area contributed by atoms with Gasteiger partial charge in [0.2, 0.25) is 5.91 Å². The Morgan fingerprint density at radius 2 is 1.84 bits per heavy atom. The van der Waals surface area contributed by atoms with Crippen molar-refractivity contribution in [3.8, 4) is 6.07 Å². The van der Waals surface area contributed by atoms with Crippen molar-refractivity contribution >= 4 is 22.7 Å². The number of carbonyl (C=O) groups excluding carboxylic acids is 1. The molecule has 4 rings (SSSR count). The lowest BCUT2D eigenvalue weighted by molar-refractivity contribution is -0.124. The molecule has 2 aliphatic rings. The van der Waals surface area contributed by atoms with Gasteiger partial charge >= 0.3 is 5.76 Å². The highest BCUT2D eigenvalue weighted by atomic mass is 16.4. The van der Waals surface area contributed by atoms with Crippen LogP contribution in [0.15, 0.2) is 33.5 Å². The maximum Gasteiger partial charge on any atom is 0.441 e. The Bertz CT molecular complexity index is 1220. The monoisotopic (exact) mass is 521 g/mol. The van der Waals surface area contributed by atoms with E-state index in [0.29, 0.717) is 42.0 Å². The van der Waals surface area contributed by atoms with Crippen LogP contribution in [0.3, 0.4) is 0 Å². The Hall–Kier alpha value is -2.92. The van der Waals surface area contributed by atoms with Crippen molar-refractivity contribution in [1.82, 2.24) is 15.2 Å². The number of piperidine rings is 1. The van der Waals surface area contributed by atoms with Crippen LogP contribution >= 0.6 is 0 Å². The van der Waals surface area contributed by atoms with Crippen LogP contribution in [0.25, 0.3) is 11.0 Å². The molecule has 8 nitrogen and oxygen atoms in total. The van der Waals surface area contributed by atoms with Gasteiger partial charge in [-0.2, -0.15) is 10.2 Å². The van der Waals surface area contributed by atoms with Crippen LogP contribution in [-0.2, 0) is 4.79 Å². The number of para-hydroxylation sites is 1. The van der Waals surface area contributed by atoms with Crippen LogP contribution in [0, 0.1) is 28.1 Å². The summed E-state index contributed by atoms with van der Waals surface area (Å²) < 4.78 is 5.28. The molecule has 8 heteroatoms. The number of fused-ring (bicyclic) bond motifs is 1. The molecule has 0 radical (unpaired) electrons. The highest BCUT2D eigenvalue weighted by Crippen LogP contribution is 2.49. The molecule has 1 unspecified atom stereocenters. The molecular weight excluding hydrogens is 478 g/mol. The van der Waals surface area contributed by atoms with Gasteiger partial charge in [0.15, 0.2) is 0 Å². The number of carbonyl (C=O) groups is 1. The zero-order chi connectivity index (χ0) is 27.6. The van der Waals surface area contributed by atoms with E-state index >= 15 is 0 Å². The summed E-state index contributed by atoms with van der Waals surface area (Å²) in [7, 11) is 0. The van der Waals surface area contributed by atoms with E-state index in [-0.39, 0.29) is 16.7 Å². The highest BCUT2D eigenvalue weighted by molar-refractivity contribution is 5.91. The van der Waals surface area contributed by atoms with Gasteiger partial charge in [-0.1, -0.05) is 46.8 Å². The summed E-state index contributed by atoms with van der Waals surface area (Å²) in [5.41, 5.74) is -0.124. The van der Waals surface area contributed by atoms with Gasteiger partial charge in [-0.25, -0.2) is 4.79 Å². The lowest BCUT2D eigenvalue weighted by Gasteiger charge is -2.46. The number of likely N-dealkylation sites (tertiary alicyclic amines) is 1. The van der Waals surface area contributed by atoms with Gasteiger partial charge in [-0.3, -0.25) is 4.79 Å². The lowest BCUT2D eigenvalue weighted by atomic mass is 9.60. The van der Waals surface area contributed by atoms with Crippen molar-refractivity contribution in [2.45, 2.75) is 91.1 Å². The van der Waals surface area contributed by atoms with Crippen LogP contribution in [0.5, 0.6) is 0 Å². The minimum absolute atomic E-state index is 0.173. The molecule has 1 saturated carbocycles. The lowest BCUT2D eigenvalue weighted by Crippen LogP contribution is -2.57. The summed E-state index contributed by atoms with van der Waals surface area (Å²) in [6.07, 6.45) is 6.03. The van der Waals surface area contributed by atoms with E-state index in [4.69, 9.17) is 4.42 Å². The summed E-state index contributed by atoms with van der Waals surface area (Å²) in [4.78, 5) is 32.6. The van der Waals surface area contributed by atoms with E-state index in [9.17, 15) is 14.9 Å². The number of amides is 1. The SMILES string of the molecule is CCCN1CCC(C#N)(NC(=O)C(CC2CC(C)(C)CC(C)(C)C2)Nc2nc(=O)oc3ccccc23)CC1. The molecule has 1 atom stereocenters. The van der Waals surface area contributed by atoms with Gasteiger partial charge < -0.3 is 20.0 Å². The topological polar surface area (TPSA) is 111 Å². The van der Waals surface area contributed by atoms with Crippen molar-refractivity contribution < 1.29 is 9.21 Å². The van der Waals surface area contributed by atoms with Gasteiger partial charge in [0.25, 0.3) is 0 Å². The fraction of sp³-hybridized carbons (Fsp3) is 0.667. The first kappa shape index (κ1) is 28.1. The van der Waals surface area contributed by atoms with Crippen molar-refractivity contribution in [3.63, 3.8) is 0 Å². The number of rotatable bonds is 8. The number of nitriles is 1. The summed E-state index contributed by atoms with van der Waals surface area (Å²) >= 11 is 0. The molecule has 2 fully saturated rings. The van der Waals surface area contributed by atoms with Crippen molar-refractivity contribution in [2.24, 2.45) is 16.7 Å². The molecule has 206 valence electrons. The van der Waals surface area contributed by atoms with Crippen LogP contribution in [-0.4, -0.2) is 47.0 Å². The number of anilines is 1. The first-order chi connectivity index (χ1) is 17.9. The number of hydrogen-bond acceptors (Lipinski definition) is 7. The van der Waals surface area contributed by atoms with Gasteiger partial charge in [0.1, 0.15) is 23.0 Å². The first-order valence-electron chi connectivity index (χ1n) is 14.1. The molecule has 2 aromatic rings. The molecule has 1 amide bonds. The minimum Gasteiger partial charge on any atom is -0.408 e. The zero-order valence-electron chi connectivity index (χ0n) is 23.6. The third-order valence-corrected chi connectivity index (χ3v) is 8.20. The molecule has 1 aromatic carbocycles. The number of benzene rings is 1. The normalized spacial score (nSPS) is 21.9. The quantitative estimate of drug-likeness (QED) is 0.497. The smallest absolute Gasteiger partial charge is 0.408 e. The molecule has 38 heavy (non-hydrogen) atoms. The predicted molar refractivity (Wildman–Crippen MR) is 150 cm³/mol. The Balaban J connectivity index is 1.61. The van der Waals surface area contributed by atoms with E-state index in [1.165, 1.54) is 0 Å². The molecule has 2 N–H and O–H groups in total. The number of aromatic nitrogens is 1. The van der Waals surface area contributed by atoms with E-state index < -0.39 is 17.3 Å². The van der Waals surface area contributed by atoms with E-state index in [1.807, 2.05) is 12.1 Å². The summed E-state index contributed by atoms with van der Waals surface area (Å²) in [6, 6.07) is 9.00. The molecular formula is C30H43N5O3. The van der Waals surface area contributed by atoms with E-state index in [0.717, 1.165) is 45.3 Å². The largest absolute Gasteiger partial charge is 0.441 e. The van der Waals surface area contributed by atoms with Gasteiger partial charge in [0, 0.05) is 13.1 Å². The Labute approximate surface area is 226 Å². The maximum absolute atomic E-state index is 13.9. The van der Waals surface area contributed by atoms with E-state index in [1.54, 1.807) is 12.1 Å². The third kappa shape index (κ3) is 6.74. The van der Waals surface area contributed by atoms with Crippen LogP contribution < -0.4 is 16.4 Å². The molecule has 1 aliphatic carbocycles. The fourth-order valence-electron chi connectivity index (χ4n) is 7.16. The molecule has 0 spiro atoms. The zero-order valence-corrected chi connectivity index (χ0v) is 23.6. The Morgan fingerprint density at radius 3 is 2.47 bits per heavy atom. The number of nitrogens with zero attached hydrogens (tertiary/aromatic N) is 3. The number of nitrogens with one attached hydrogen (secondary N) is 2. The second-order valence-corrected chi connectivity index (χ2v) is 13.1. The summed E-state index contributed by atoms with van der Waals surface area (Å²) in [5, 5.41) is 17.3. The molecule has 1 aromatic heterocycles. The van der Waals surface area contributed by atoms with Crippen LogP contribution in [0.4, 0.5) is 5.82 Å². The fourth-order valence-corrected chi connectivity index (χ4v) is 7.16. The van der Waals surface area contributed by atoms with Crippen molar-refractivity contribution in [2.75, 3.05) is 25.0 Å². The van der Waals surface area contributed by atoms with Crippen LogP contribution in [0.2, 0.25) is 0 Å². The predicted octanol–water partition coefficient (Wildman–Crippen LogP) is 5.10. The Kier molecular flexibility index (Phi) is 8.17.